The van der Waals surface area contributed by atoms with Gasteiger partial charge in [-0.15, -0.1) is 23.7 Å². The van der Waals surface area contributed by atoms with Crippen molar-refractivity contribution >= 4 is 51.1 Å². The lowest BCUT2D eigenvalue weighted by Gasteiger charge is -2.33. The molecule has 7 heteroatoms. The Balaban J connectivity index is 0.00000231. The van der Waals surface area contributed by atoms with Gasteiger partial charge in [-0.05, 0) is 34.7 Å². The monoisotopic (exact) mass is 470 g/mol. The molecule has 0 N–H and O–H groups in total. The van der Waals surface area contributed by atoms with E-state index in [4.69, 9.17) is 11.6 Å². The average molecular weight is 471 g/mol. The molecule has 0 fully saturated rings. The Morgan fingerprint density at radius 2 is 1.81 bits per heavy atom. The Morgan fingerprint density at radius 3 is 2.58 bits per heavy atom. The second kappa shape index (κ2) is 8.97. The van der Waals surface area contributed by atoms with Gasteiger partial charge in [0, 0.05) is 51.8 Å². The Labute approximate surface area is 195 Å². The molecule has 5 rings (SSSR count). The molecule has 4 nitrogen and oxygen atoms in total. The molecule has 0 aliphatic carbocycles. The minimum Gasteiger partial charge on any atom is -0.294 e. The van der Waals surface area contributed by atoms with Crippen LogP contribution < -0.4 is 0 Å². The van der Waals surface area contributed by atoms with Crippen LogP contribution in [-0.4, -0.2) is 16.4 Å². The molecule has 0 bridgehead atoms. The number of benzene rings is 3. The fourth-order valence-corrected chi connectivity index (χ4v) is 5.83. The topological polar surface area (TPSA) is 46.4 Å². The molecule has 31 heavy (non-hydrogen) atoms. The minimum absolute atomic E-state index is 0. The highest BCUT2D eigenvalue weighted by Crippen LogP contribution is 2.44. The van der Waals surface area contributed by atoms with E-state index in [1.54, 1.807) is 12.1 Å². The van der Waals surface area contributed by atoms with Crippen LogP contribution in [0.25, 0.3) is 10.1 Å². The smallest absolute Gasteiger partial charge is 0.273 e. The molecular formula is C24H20Cl2N2O2S. The van der Waals surface area contributed by atoms with Gasteiger partial charge in [0.15, 0.2) is 0 Å². The summed E-state index contributed by atoms with van der Waals surface area (Å²) in [6.07, 6.45) is 0. The van der Waals surface area contributed by atoms with Crippen LogP contribution in [0.5, 0.6) is 0 Å². The highest BCUT2D eigenvalue weighted by Gasteiger charge is 2.31. The van der Waals surface area contributed by atoms with Crippen LogP contribution >= 0.6 is 35.3 Å². The van der Waals surface area contributed by atoms with E-state index in [0.717, 1.165) is 23.7 Å². The van der Waals surface area contributed by atoms with Gasteiger partial charge in [0.25, 0.3) is 5.69 Å². The molecule has 0 amide bonds. The van der Waals surface area contributed by atoms with Gasteiger partial charge in [-0.1, -0.05) is 60.1 Å². The Kier molecular flexibility index (Phi) is 6.30. The molecule has 3 aromatic carbocycles. The zero-order valence-electron chi connectivity index (χ0n) is 16.5. The number of nitro benzene ring substituents is 1. The molecule has 1 atom stereocenters. The molecule has 158 valence electrons. The van der Waals surface area contributed by atoms with Gasteiger partial charge >= 0.3 is 0 Å². The number of halogens is 2. The summed E-state index contributed by atoms with van der Waals surface area (Å²) < 4.78 is 1.23. The van der Waals surface area contributed by atoms with E-state index in [1.807, 2.05) is 41.7 Å². The molecule has 0 saturated heterocycles. The summed E-state index contributed by atoms with van der Waals surface area (Å²) in [4.78, 5) is 14.9. The second-order valence-electron chi connectivity index (χ2n) is 7.60. The standard InChI is InChI=1S/C24H19ClN2O2S.ClH/c25-18-10-11-23-19(12-18)21-15-26(13-17-8-4-5-9-22(17)27(28)29)14-20(24(21)30-23)16-6-2-1-3-7-16;/h1-12,20H,13-15H2;1H. The number of nitrogens with zero attached hydrogens (tertiary/aromatic N) is 2. The molecule has 0 saturated carbocycles. The van der Waals surface area contributed by atoms with Gasteiger partial charge in [-0.25, -0.2) is 0 Å². The number of fused-ring (bicyclic) bond motifs is 3. The van der Waals surface area contributed by atoms with Crippen molar-refractivity contribution in [2.45, 2.75) is 19.0 Å². The summed E-state index contributed by atoms with van der Waals surface area (Å²) in [5, 5.41) is 13.4. The van der Waals surface area contributed by atoms with Crippen LogP contribution in [0.1, 0.15) is 27.5 Å². The summed E-state index contributed by atoms with van der Waals surface area (Å²) in [7, 11) is 0. The normalized spacial score (nSPS) is 16.0. The predicted octanol–water partition coefficient (Wildman–Crippen LogP) is 7.03. The van der Waals surface area contributed by atoms with Crippen LogP contribution in [-0.2, 0) is 13.1 Å². The SMILES string of the molecule is Cl.O=[N+]([O-])c1ccccc1CN1Cc2c(sc3ccc(Cl)cc23)C(c2ccccc2)C1. The quantitative estimate of drug-likeness (QED) is 0.237. The first-order chi connectivity index (χ1) is 14.6. The Hall–Kier alpha value is -2.44. The number of thiophene rings is 1. The highest BCUT2D eigenvalue weighted by molar-refractivity contribution is 7.19. The molecule has 1 unspecified atom stereocenters. The van der Waals surface area contributed by atoms with E-state index in [1.165, 1.54) is 26.1 Å². The van der Waals surface area contributed by atoms with Crippen molar-refractivity contribution in [2.75, 3.05) is 6.54 Å². The van der Waals surface area contributed by atoms with Crippen molar-refractivity contribution in [1.29, 1.82) is 0 Å². The molecule has 1 aliphatic rings. The molecule has 1 aromatic heterocycles. The van der Waals surface area contributed by atoms with Gasteiger partial charge in [-0.3, -0.25) is 15.0 Å². The van der Waals surface area contributed by atoms with Crippen LogP contribution in [0.15, 0.2) is 72.8 Å². The summed E-state index contributed by atoms with van der Waals surface area (Å²) in [5.41, 5.74) is 3.48. The van der Waals surface area contributed by atoms with E-state index in [9.17, 15) is 10.1 Å². The maximum absolute atomic E-state index is 11.5. The maximum atomic E-state index is 11.5. The predicted molar refractivity (Wildman–Crippen MR) is 130 cm³/mol. The third-order valence-corrected chi connectivity index (χ3v) is 7.27. The van der Waals surface area contributed by atoms with E-state index in [0.29, 0.717) is 6.54 Å². The third kappa shape index (κ3) is 4.19. The molecule has 0 spiro atoms. The van der Waals surface area contributed by atoms with Crippen molar-refractivity contribution in [2.24, 2.45) is 0 Å². The van der Waals surface area contributed by atoms with Crippen LogP contribution in [0, 0.1) is 10.1 Å². The van der Waals surface area contributed by atoms with Crippen LogP contribution in [0.3, 0.4) is 0 Å². The lowest BCUT2D eigenvalue weighted by Crippen LogP contribution is -2.33. The van der Waals surface area contributed by atoms with Crippen molar-refractivity contribution in [1.82, 2.24) is 4.90 Å². The maximum Gasteiger partial charge on any atom is 0.273 e. The molecule has 2 heterocycles. The summed E-state index contributed by atoms with van der Waals surface area (Å²) in [5.74, 6) is 0.230. The van der Waals surface area contributed by atoms with Crippen LogP contribution in [0.2, 0.25) is 5.02 Å². The lowest BCUT2D eigenvalue weighted by atomic mass is 9.90. The van der Waals surface area contributed by atoms with E-state index in [2.05, 4.69) is 35.2 Å². The van der Waals surface area contributed by atoms with E-state index < -0.39 is 0 Å². The molecule has 1 aliphatic heterocycles. The van der Waals surface area contributed by atoms with Gasteiger partial charge in [-0.2, -0.15) is 0 Å². The van der Waals surface area contributed by atoms with Crippen molar-refractivity contribution in [3.05, 3.63) is 110 Å². The summed E-state index contributed by atoms with van der Waals surface area (Å²) in [6.45, 7) is 2.12. The first-order valence-corrected chi connectivity index (χ1v) is 11.0. The number of nitro groups is 1. The average Bonchev–Trinajstić information content (AvgIpc) is 3.12. The first kappa shape index (κ1) is 21.8. The Morgan fingerprint density at radius 1 is 1.06 bits per heavy atom. The first-order valence-electron chi connectivity index (χ1n) is 9.80. The largest absolute Gasteiger partial charge is 0.294 e. The minimum atomic E-state index is -0.293. The Bertz CT molecular complexity index is 1240. The second-order valence-corrected chi connectivity index (χ2v) is 9.12. The van der Waals surface area contributed by atoms with Crippen LogP contribution in [0.4, 0.5) is 5.69 Å². The zero-order valence-corrected chi connectivity index (χ0v) is 18.9. The van der Waals surface area contributed by atoms with Crippen molar-refractivity contribution in [3.8, 4) is 0 Å². The van der Waals surface area contributed by atoms with E-state index >= 15 is 0 Å². The van der Waals surface area contributed by atoms with Gasteiger partial charge in [0.05, 0.1) is 4.92 Å². The van der Waals surface area contributed by atoms with E-state index in [-0.39, 0.29) is 28.9 Å². The van der Waals surface area contributed by atoms with Crippen molar-refractivity contribution < 1.29 is 4.92 Å². The number of hydrogen-bond acceptors (Lipinski definition) is 4. The number of rotatable bonds is 4. The third-order valence-electron chi connectivity index (χ3n) is 5.71. The number of hydrogen-bond donors (Lipinski definition) is 0. The molecular weight excluding hydrogens is 451 g/mol. The van der Waals surface area contributed by atoms with Crippen molar-refractivity contribution in [3.63, 3.8) is 0 Å². The lowest BCUT2D eigenvalue weighted by molar-refractivity contribution is -0.385. The van der Waals surface area contributed by atoms with Gasteiger partial charge in [0.1, 0.15) is 0 Å². The molecule has 0 radical (unpaired) electrons. The highest BCUT2D eigenvalue weighted by atomic mass is 35.5. The van der Waals surface area contributed by atoms with Gasteiger partial charge in [0.2, 0.25) is 0 Å². The fourth-order valence-electron chi connectivity index (χ4n) is 4.34. The number of para-hydroxylation sites is 1. The summed E-state index contributed by atoms with van der Waals surface area (Å²) in [6, 6.07) is 23.6. The zero-order chi connectivity index (χ0) is 20.7. The summed E-state index contributed by atoms with van der Waals surface area (Å²) >= 11 is 8.14. The van der Waals surface area contributed by atoms with Gasteiger partial charge < -0.3 is 0 Å². The fraction of sp³-hybridized carbons (Fsp3) is 0.167. The molecule has 4 aromatic rings.